The predicted octanol–water partition coefficient (Wildman–Crippen LogP) is 4.24. The van der Waals surface area contributed by atoms with Gasteiger partial charge in [0.2, 0.25) is 11.9 Å². The van der Waals surface area contributed by atoms with Crippen LogP contribution in [0.4, 0.5) is 23.8 Å². The standard InChI is InChI=1S/C12H15BrN10O5.C10H15ClN6O3.C9H19N7O3.C9H14N6O3.C2HBrN4O2/c1-5-9(27-4-22-11(13)16-12(19-22)23(25)26)7(17-20-14)3-8(18-21-15)10(5)28-6(2)24;1-5-9(19-4-11)7(14-16-12)3-8(15-17-13)10(5)20-6(2)18;10-3-1-4(11)7(6(18)5(3)17)19-2-16-9(13)14-8(12)15-16;1-4-8(17)6(12-14-10)3-7(13-15-11)9(4)18-5(2)16;3-1-4-2(6-5-1)7(8)9/h5,7-10H,3-4H2,1-2H3;5,7-10H,3-4H2,1-2H3;3-7,17-18H,1-2,10-11H2,(H4,12,13,14,15);4,6-9,17H,3H2,1-2H3;(H,4,5,6)/t2*5-,7?,8+,9-,10?;3-,4?,5?,6-,7-;4-,6?,7+,8-,9?;/m0010./s1. The number of nitrogens with two attached hydrogens (primary N) is 4. The van der Waals surface area contributed by atoms with Gasteiger partial charge in [0.25, 0.3) is 4.73 Å². The van der Waals surface area contributed by atoms with Crippen molar-refractivity contribution < 1.29 is 68.0 Å². The van der Waals surface area contributed by atoms with Crippen LogP contribution in [0.5, 0.6) is 0 Å². The molecule has 3 heterocycles. The first-order valence-electron chi connectivity index (χ1n) is 27.1. The van der Waals surface area contributed by atoms with Gasteiger partial charge in [0, 0.05) is 117 Å². The number of ether oxygens (including phenoxy) is 6. The lowest BCUT2D eigenvalue weighted by molar-refractivity contribution is -0.394. The number of aliphatic hydroxyl groups is 3. The quantitative estimate of drug-likeness (QED) is 0.0122. The molecule has 3 aromatic heterocycles. The van der Waals surface area contributed by atoms with Crippen molar-refractivity contribution in [3.05, 3.63) is 92.4 Å². The zero-order valence-corrected chi connectivity index (χ0v) is 54.0. The highest BCUT2D eigenvalue weighted by molar-refractivity contribution is 9.10. The summed E-state index contributed by atoms with van der Waals surface area (Å²) in [6.45, 7) is 8.53. The van der Waals surface area contributed by atoms with Gasteiger partial charge in [-0.3, -0.25) is 14.4 Å². The maximum Gasteiger partial charge on any atom is 0.492 e. The molecule has 0 amide bonds. The van der Waals surface area contributed by atoms with Gasteiger partial charge < -0.3 is 86.9 Å². The third-order valence-corrected chi connectivity index (χ3v) is 15.3. The Balaban J connectivity index is 0.000000317. The third kappa shape index (κ3) is 23.2. The summed E-state index contributed by atoms with van der Waals surface area (Å²) in [7, 11) is 0. The Labute approximate surface area is 549 Å². The van der Waals surface area contributed by atoms with Crippen LogP contribution in [0.15, 0.2) is 40.2 Å². The van der Waals surface area contributed by atoms with Crippen molar-refractivity contribution in [2.75, 3.05) is 17.5 Å². The van der Waals surface area contributed by atoms with Gasteiger partial charge in [0.15, 0.2) is 6.73 Å². The minimum atomic E-state index is -1.17. The largest absolute Gasteiger partial charge is 0.492 e. The first kappa shape index (κ1) is 79.3. The van der Waals surface area contributed by atoms with E-state index in [0.29, 0.717) is 6.42 Å². The van der Waals surface area contributed by atoms with Crippen molar-refractivity contribution in [3.8, 4) is 0 Å². The maximum atomic E-state index is 11.4. The Kier molecular flexibility index (Phi) is 32.8. The zero-order valence-electron chi connectivity index (χ0n) is 50.1. The normalized spacial score (nSPS) is 29.6. The zero-order chi connectivity index (χ0) is 70.7. The molecule has 7 rings (SSSR count). The summed E-state index contributed by atoms with van der Waals surface area (Å²) in [6, 6.07) is -5.07. The van der Waals surface area contributed by atoms with Crippen LogP contribution in [0.25, 0.3) is 62.7 Å². The second-order valence-corrected chi connectivity index (χ2v) is 22.0. The fourth-order valence-corrected chi connectivity index (χ4v) is 10.9. The molecule has 4 aliphatic carbocycles. The van der Waals surface area contributed by atoms with E-state index >= 15 is 0 Å². The number of aromatic nitrogens is 9. The fourth-order valence-electron chi connectivity index (χ4n) is 10.1. The topological polar surface area (TPSA) is 753 Å². The number of rotatable bonds is 19. The number of carbonyl (C=O) groups is 3. The van der Waals surface area contributed by atoms with Crippen LogP contribution in [0.2, 0.25) is 0 Å². The number of aliphatic hydroxyl groups excluding tert-OH is 3. The lowest BCUT2D eigenvalue weighted by atomic mass is 9.79. The number of hydrogen-bond acceptors (Lipinski definition) is 32. The number of hydrogen-bond donors (Lipinski definition) is 8. The molecule has 0 bridgehead atoms. The van der Waals surface area contributed by atoms with E-state index in [1.165, 1.54) is 25.5 Å². The van der Waals surface area contributed by atoms with Crippen molar-refractivity contribution in [2.24, 2.45) is 59.9 Å². The van der Waals surface area contributed by atoms with Crippen LogP contribution in [-0.4, -0.2) is 197 Å². The number of nitrogens with zero attached hydrogens (tertiary/aromatic N) is 28. The first-order valence-corrected chi connectivity index (χ1v) is 29.2. The number of nitrogens with one attached hydrogen (secondary N) is 1. The fraction of sp³-hybridized carbons (Fsp3) is 0.786. The molecule has 4 aliphatic rings. The van der Waals surface area contributed by atoms with E-state index in [2.05, 4.69) is 127 Å². The molecular formula is C42H64Br2ClN33O16. The van der Waals surface area contributed by atoms with Gasteiger partial charge in [-0.1, -0.05) is 68.2 Å². The van der Waals surface area contributed by atoms with Crippen LogP contribution < -0.4 is 22.9 Å². The SMILES string of the molecule is CC(=O)OC1[C@@H](C)[C@H](O)C(N=[N+]=[N-])C[C@H]1N=[N+]=[N-].CC(=O)OC1[C@@H](C)[C@H](OCCl)C(N=[N+]=[N-])C[C@H]1N=[N+]=[N-].CC(=O)OC1[C@@H](C)[C@H](OCn2nc([N+](=O)[O-])nc2Br)C(N=[N+]=[N-])C[C@H]1N=[N+]=[N-].Nc1nc(N)n(CO[C@@H]2C(N)C[C@@H](N)C(O)[C@H]2O)n1.O=[N+]([O-])c1nc(Br)n[nH]1. The van der Waals surface area contributed by atoms with Crippen LogP contribution in [0.3, 0.4) is 0 Å². The molecule has 514 valence electrons. The van der Waals surface area contributed by atoms with Crippen molar-refractivity contribution in [1.29, 1.82) is 0 Å². The summed E-state index contributed by atoms with van der Waals surface area (Å²) in [4.78, 5) is 79.9. The van der Waals surface area contributed by atoms with E-state index in [0.717, 1.165) is 4.68 Å². The number of alkyl halides is 1. The van der Waals surface area contributed by atoms with Crippen LogP contribution in [0.1, 0.15) is 67.2 Å². The summed E-state index contributed by atoms with van der Waals surface area (Å²) in [5.74, 6) is -3.73. The van der Waals surface area contributed by atoms with Crippen LogP contribution in [-0.2, 0) is 56.3 Å². The predicted molar refractivity (Wildman–Crippen MR) is 323 cm³/mol. The smallest absolute Gasteiger partial charge is 0.462 e. The highest BCUT2D eigenvalue weighted by atomic mass is 79.9. The Bertz CT molecular complexity index is 3350. The van der Waals surface area contributed by atoms with Crippen molar-refractivity contribution >= 4 is 85.2 Å². The van der Waals surface area contributed by atoms with Gasteiger partial charge in [-0.25, -0.2) is 4.68 Å². The molecule has 0 spiro atoms. The minimum absolute atomic E-state index is 0.0247. The summed E-state index contributed by atoms with van der Waals surface area (Å²) in [5.41, 5.74) is 74.1. The maximum absolute atomic E-state index is 11.4. The number of nitrogen functional groups attached to an aromatic ring is 2. The Morgan fingerprint density at radius 2 is 1.01 bits per heavy atom. The minimum Gasteiger partial charge on any atom is -0.462 e. The number of H-pyrrole nitrogens is 1. The van der Waals surface area contributed by atoms with Crippen LogP contribution >= 0.6 is 43.5 Å². The summed E-state index contributed by atoms with van der Waals surface area (Å²) in [6.07, 6.45) is -6.50. The lowest BCUT2D eigenvalue weighted by Crippen LogP contribution is -2.62. The number of halogens is 3. The van der Waals surface area contributed by atoms with Gasteiger partial charge >= 0.3 is 34.5 Å². The Morgan fingerprint density at radius 1 is 0.596 bits per heavy atom. The number of azide groups is 6. The molecule has 52 heteroatoms. The van der Waals surface area contributed by atoms with Gasteiger partial charge in [-0.2, -0.15) is 4.98 Å². The van der Waals surface area contributed by atoms with E-state index < -0.39 is 149 Å². The van der Waals surface area contributed by atoms with E-state index in [1.807, 2.05) is 0 Å². The number of esters is 3. The Morgan fingerprint density at radius 3 is 1.38 bits per heavy atom. The molecule has 0 aliphatic heterocycles. The average Bonchev–Trinajstić information content (AvgIpc) is 1.09. The summed E-state index contributed by atoms with van der Waals surface area (Å²) >= 11 is 11.5. The number of aromatic amines is 1. The summed E-state index contributed by atoms with van der Waals surface area (Å²) in [5, 5.41) is 84.8. The molecule has 0 aromatic carbocycles. The van der Waals surface area contributed by atoms with E-state index in [4.69, 9.17) is 96.1 Å². The molecule has 4 saturated carbocycles. The van der Waals surface area contributed by atoms with Crippen molar-refractivity contribution in [3.63, 3.8) is 0 Å². The second kappa shape index (κ2) is 38.9. The number of carbonyl (C=O) groups excluding carboxylic acids is 3. The van der Waals surface area contributed by atoms with Crippen LogP contribution in [0, 0.1) is 38.0 Å². The van der Waals surface area contributed by atoms with Gasteiger partial charge in [-0.15, -0.1) is 14.9 Å². The number of nitro groups is 2. The summed E-state index contributed by atoms with van der Waals surface area (Å²) < 4.78 is 34.8. The molecular weight excluding hydrogens is 1420 g/mol. The van der Waals surface area contributed by atoms with E-state index in [-0.39, 0.29) is 72.0 Å². The molecule has 20 atom stereocenters. The first-order chi connectivity index (χ1) is 44.4. The van der Waals surface area contributed by atoms with E-state index in [1.54, 1.807) is 20.8 Å². The molecule has 4 fully saturated rings. The Hall–Kier alpha value is -8.98. The van der Waals surface area contributed by atoms with Crippen molar-refractivity contribution in [2.45, 2.75) is 184 Å². The van der Waals surface area contributed by atoms with Gasteiger partial charge in [0.1, 0.15) is 43.3 Å². The molecule has 0 radical (unpaired) electrons. The molecule has 49 nitrogen and oxygen atoms in total. The monoisotopic (exact) mass is 1480 g/mol. The van der Waals surface area contributed by atoms with E-state index in [9.17, 15) is 49.9 Å². The highest BCUT2D eigenvalue weighted by Gasteiger charge is 2.47. The lowest BCUT2D eigenvalue weighted by Gasteiger charge is -2.41. The van der Waals surface area contributed by atoms with Gasteiger partial charge in [0.05, 0.1) is 60.7 Å². The molecule has 94 heavy (non-hydrogen) atoms. The molecule has 8 unspecified atom stereocenters. The molecule has 12 N–H and O–H groups in total. The third-order valence-electron chi connectivity index (χ3n) is 14.2. The van der Waals surface area contributed by atoms with Gasteiger partial charge in [-0.05, 0) is 78.7 Å². The molecule has 0 saturated heterocycles. The average molecular weight is 1480 g/mol. The second-order valence-electron chi connectivity index (χ2n) is 20.4. The highest BCUT2D eigenvalue weighted by Crippen LogP contribution is 2.37. The number of anilines is 2. The molecule has 3 aromatic rings. The van der Waals surface area contributed by atoms with Crippen molar-refractivity contribution in [1.82, 2.24) is 44.7 Å².